The summed E-state index contributed by atoms with van der Waals surface area (Å²) >= 11 is 12.3. The standard InChI is InChI=1S/C17H20Cl2N4O/c1-23-8-7-20-10-14(23)15-21-16(24-22-15)17(5-2-6-17)11-3-4-12(18)13(19)9-11/h3-4,9,14,20H,2,5-8,10H2,1H3. The van der Waals surface area contributed by atoms with Gasteiger partial charge in [-0.15, -0.1) is 0 Å². The second-order valence-electron chi connectivity index (χ2n) is 6.72. The van der Waals surface area contributed by atoms with Crippen molar-refractivity contribution in [3.63, 3.8) is 0 Å². The van der Waals surface area contributed by atoms with Crippen LogP contribution >= 0.6 is 23.2 Å². The Morgan fingerprint density at radius 3 is 2.79 bits per heavy atom. The number of hydrogen-bond donors (Lipinski definition) is 1. The molecular weight excluding hydrogens is 347 g/mol. The molecular formula is C17H20Cl2N4O. The molecule has 1 saturated heterocycles. The van der Waals surface area contributed by atoms with Crippen LogP contribution in [0.4, 0.5) is 0 Å². The molecule has 5 nitrogen and oxygen atoms in total. The topological polar surface area (TPSA) is 54.2 Å². The summed E-state index contributed by atoms with van der Waals surface area (Å²) in [5.41, 5.74) is 0.883. The normalized spacial score (nSPS) is 23.9. The lowest BCUT2D eigenvalue weighted by molar-refractivity contribution is 0.188. The van der Waals surface area contributed by atoms with E-state index < -0.39 is 0 Å². The Kier molecular flexibility index (Phi) is 4.29. The average molecular weight is 367 g/mol. The monoisotopic (exact) mass is 366 g/mol. The number of nitrogens with zero attached hydrogens (tertiary/aromatic N) is 3. The largest absolute Gasteiger partial charge is 0.338 e. The molecule has 0 spiro atoms. The number of nitrogens with one attached hydrogen (secondary N) is 1. The van der Waals surface area contributed by atoms with Crippen molar-refractivity contribution < 1.29 is 4.52 Å². The summed E-state index contributed by atoms with van der Waals surface area (Å²) in [4.78, 5) is 7.03. The highest BCUT2D eigenvalue weighted by atomic mass is 35.5. The minimum atomic E-state index is -0.222. The van der Waals surface area contributed by atoms with Crippen molar-refractivity contribution in [1.29, 1.82) is 0 Å². The molecule has 0 bridgehead atoms. The van der Waals surface area contributed by atoms with Crippen molar-refractivity contribution in [3.05, 3.63) is 45.5 Å². The third kappa shape index (κ3) is 2.64. The van der Waals surface area contributed by atoms with E-state index in [0.29, 0.717) is 15.9 Å². The molecule has 1 saturated carbocycles. The number of likely N-dealkylation sites (N-methyl/N-ethyl adjacent to an activating group) is 1. The molecule has 1 unspecified atom stereocenters. The second kappa shape index (κ2) is 6.30. The molecule has 7 heteroatoms. The molecule has 24 heavy (non-hydrogen) atoms. The van der Waals surface area contributed by atoms with E-state index in [4.69, 9.17) is 32.7 Å². The van der Waals surface area contributed by atoms with Crippen molar-refractivity contribution in [2.24, 2.45) is 0 Å². The number of halogens is 2. The van der Waals surface area contributed by atoms with Crippen LogP contribution in [-0.4, -0.2) is 41.7 Å². The van der Waals surface area contributed by atoms with Crippen molar-refractivity contribution in [3.8, 4) is 0 Å². The first kappa shape index (κ1) is 16.3. The molecule has 0 amide bonds. The minimum absolute atomic E-state index is 0.155. The average Bonchev–Trinajstić information content (AvgIpc) is 3.00. The van der Waals surface area contributed by atoms with Gasteiger partial charge >= 0.3 is 0 Å². The van der Waals surface area contributed by atoms with Gasteiger partial charge in [-0.05, 0) is 37.6 Å². The van der Waals surface area contributed by atoms with Gasteiger partial charge in [0.2, 0.25) is 5.89 Å². The fourth-order valence-electron chi connectivity index (χ4n) is 3.61. The van der Waals surface area contributed by atoms with Gasteiger partial charge in [-0.1, -0.05) is 40.8 Å². The van der Waals surface area contributed by atoms with E-state index in [-0.39, 0.29) is 11.5 Å². The van der Waals surface area contributed by atoms with E-state index in [1.807, 2.05) is 18.2 Å². The predicted octanol–water partition coefficient (Wildman–Crippen LogP) is 3.42. The quantitative estimate of drug-likeness (QED) is 0.901. The van der Waals surface area contributed by atoms with E-state index in [2.05, 4.69) is 22.4 Å². The Hall–Kier alpha value is -1.14. The van der Waals surface area contributed by atoms with E-state index in [9.17, 15) is 0 Å². The number of hydrogen-bond acceptors (Lipinski definition) is 5. The molecule has 1 aliphatic carbocycles. The van der Waals surface area contributed by atoms with E-state index in [1.54, 1.807) is 0 Å². The van der Waals surface area contributed by atoms with Gasteiger partial charge in [0.15, 0.2) is 5.82 Å². The lowest BCUT2D eigenvalue weighted by Gasteiger charge is -2.39. The molecule has 1 aliphatic heterocycles. The van der Waals surface area contributed by atoms with E-state index >= 15 is 0 Å². The van der Waals surface area contributed by atoms with Crippen LogP contribution in [0.1, 0.15) is 42.6 Å². The molecule has 0 radical (unpaired) electrons. The number of rotatable bonds is 3. The Bertz CT molecular complexity index is 744. The molecule has 2 aromatic rings. The van der Waals surface area contributed by atoms with Crippen LogP contribution in [0.3, 0.4) is 0 Å². The fraction of sp³-hybridized carbons (Fsp3) is 0.529. The van der Waals surface area contributed by atoms with Crippen molar-refractivity contribution >= 4 is 23.2 Å². The molecule has 1 atom stereocenters. The first-order valence-electron chi connectivity index (χ1n) is 8.31. The maximum absolute atomic E-state index is 6.22. The van der Waals surface area contributed by atoms with Gasteiger partial charge < -0.3 is 9.84 Å². The van der Waals surface area contributed by atoms with Crippen LogP contribution in [0.25, 0.3) is 0 Å². The third-order valence-electron chi connectivity index (χ3n) is 5.34. The molecule has 2 aliphatic rings. The van der Waals surface area contributed by atoms with Gasteiger partial charge in [0.1, 0.15) is 0 Å². The highest BCUT2D eigenvalue weighted by Gasteiger charge is 2.46. The lowest BCUT2D eigenvalue weighted by atomic mass is 9.64. The predicted molar refractivity (Wildman–Crippen MR) is 93.6 cm³/mol. The number of piperazine rings is 1. The summed E-state index contributed by atoms with van der Waals surface area (Å²) in [6.07, 6.45) is 3.12. The SMILES string of the molecule is CN1CCNCC1c1noc(C2(c3ccc(Cl)c(Cl)c3)CCC2)n1. The van der Waals surface area contributed by atoms with Crippen LogP contribution in [-0.2, 0) is 5.41 Å². The first-order valence-corrected chi connectivity index (χ1v) is 9.06. The van der Waals surface area contributed by atoms with E-state index in [0.717, 1.165) is 50.3 Å². The zero-order chi connectivity index (χ0) is 16.7. The first-order chi connectivity index (χ1) is 11.6. The highest BCUT2D eigenvalue weighted by molar-refractivity contribution is 6.42. The highest BCUT2D eigenvalue weighted by Crippen LogP contribution is 2.49. The molecule has 1 aromatic heterocycles. The zero-order valence-corrected chi connectivity index (χ0v) is 15.1. The van der Waals surface area contributed by atoms with Crippen LogP contribution in [0.15, 0.2) is 22.7 Å². The molecule has 2 heterocycles. The molecule has 128 valence electrons. The Morgan fingerprint density at radius 1 is 1.29 bits per heavy atom. The fourth-order valence-corrected chi connectivity index (χ4v) is 3.91. The van der Waals surface area contributed by atoms with Gasteiger partial charge in [0.25, 0.3) is 0 Å². The van der Waals surface area contributed by atoms with E-state index in [1.165, 1.54) is 0 Å². The van der Waals surface area contributed by atoms with Crippen LogP contribution in [0.5, 0.6) is 0 Å². The zero-order valence-electron chi connectivity index (χ0n) is 13.6. The van der Waals surface area contributed by atoms with Crippen LogP contribution in [0.2, 0.25) is 10.0 Å². The van der Waals surface area contributed by atoms with Gasteiger partial charge in [0, 0.05) is 19.6 Å². The third-order valence-corrected chi connectivity index (χ3v) is 6.08. The lowest BCUT2D eigenvalue weighted by Crippen LogP contribution is -2.44. The van der Waals surface area contributed by atoms with Gasteiger partial charge in [-0.2, -0.15) is 4.98 Å². The smallest absolute Gasteiger partial charge is 0.237 e. The molecule has 4 rings (SSSR count). The number of aromatic nitrogens is 2. The summed E-state index contributed by atoms with van der Waals surface area (Å²) in [5.74, 6) is 1.45. The van der Waals surface area contributed by atoms with Crippen molar-refractivity contribution in [1.82, 2.24) is 20.4 Å². The minimum Gasteiger partial charge on any atom is -0.338 e. The summed E-state index contributed by atoms with van der Waals surface area (Å²) in [6, 6.07) is 5.95. The van der Waals surface area contributed by atoms with Gasteiger partial charge in [-0.25, -0.2) is 0 Å². The van der Waals surface area contributed by atoms with Crippen LogP contribution in [0, 0.1) is 0 Å². The van der Waals surface area contributed by atoms with Crippen molar-refractivity contribution in [2.75, 3.05) is 26.7 Å². The van der Waals surface area contributed by atoms with Gasteiger partial charge in [0.05, 0.1) is 21.5 Å². The van der Waals surface area contributed by atoms with Crippen molar-refractivity contribution in [2.45, 2.75) is 30.7 Å². The Balaban J connectivity index is 1.67. The molecule has 1 N–H and O–H groups in total. The van der Waals surface area contributed by atoms with Gasteiger partial charge in [-0.3, -0.25) is 4.90 Å². The van der Waals surface area contributed by atoms with Crippen LogP contribution < -0.4 is 5.32 Å². The maximum atomic E-state index is 6.22. The second-order valence-corrected chi connectivity index (χ2v) is 7.54. The summed E-state index contributed by atoms with van der Waals surface area (Å²) in [7, 11) is 2.10. The molecule has 2 fully saturated rings. The Labute approximate surface area is 151 Å². The summed E-state index contributed by atoms with van der Waals surface area (Å²) in [6.45, 7) is 2.81. The maximum Gasteiger partial charge on any atom is 0.237 e. The molecule has 1 aromatic carbocycles. The Morgan fingerprint density at radius 2 is 2.12 bits per heavy atom. The summed E-state index contributed by atoms with van der Waals surface area (Å²) in [5, 5.41) is 8.80. The number of benzene rings is 1. The summed E-state index contributed by atoms with van der Waals surface area (Å²) < 4.78 is 5.71.